The van der Waals surface area contributed by atoms with Crippen LogP contribution in [0.1, 0.15) is 27.7 Å². The summed E-state index contributed by atoms with van der Waals surface area (Å²) in [7, 11) is -2.17. The van der Waals surface area contributed by atoms with E-state index in [0.717, 1.165) is 0 Å². The van der Waals surface area contributed by atoms with Crippen LogP contribution in [0.4, 0.5) is 0 Å². The highest BCUT2D eigenvalue weighted by Crippen LogP contribution is 2.27. The highest BCUT2D eigenvalue weighted by Gasteiger charge is 2.37. The lowest BCUT2D eigenvalue weighted by atomic mass is 9.89. The van der Waals surface area contributed by atoms with Crippen LogP contribution in [-0.2, 0) is 0 Å². The van der Waals surface area contributed by atoms with E-state index in [2.05, 4.69) is 4.98 Å². The number of pyridine rings is 1. The molecule has 0 unspecified atom stereocenters. The Morgan fingerprint density at radius 3 is 1.89 bits per heavy atom. The van der Waals surface area contributed by atoms with Gasteiger partial charge in [0.05, 0.1) is 11.8 Å². The first kappa shape index (κ1) is 17.7. The van der Waals surface area contributed by atoms with Crippen LogP contribution in [-0.4, -0.2) is 48.8 Å². The summed E-state index contributed by atoms with van der Waals surface area (Å²) < 4.78 is 5.60. The summed E-state index contributed by atoms with van der Waals surface area (Å²) in [6, 6.07) is 3.05. The summed E-state index contributed by atoms with van der Waals surface area (Å²) in [6.45, 7) is 6.95. The second-order valence-corrected chi connectivity index (χ2v) is 4.87. The smallest absolute Gasteiger partial charge is 0.493 e. The third kappa shape index (κ3) is 6.97. The van der Waals surface area contributed by atoms with Crippen LogP contribution in [0.5, 0.6) is 11.6 Å². The highest BCUT2D eigenvalue weighted by molar-refractivity contribution is 6.30. The van der Waals surface area contributed by atoms with Gasteiger partial charge in [0.2, 0.25) is 5.88 Å². The fraction of sp³-hybridized carbons (Fsp3) is 0.545. The number of nitrogens with zero attached hydrogens (tertiary/aromatic N) is 1. The number of hydrogen-bond donors (Lipinski definition) is 5. The van der Waals surface area contributed by atoms with Crippen LogP contribution in [0, 0.1) is 0 Å². The van der Waals surface area contributed by atoms with E-state index in [1.54, 1.807) is 33.8 Å². The monoisotopic (exact) mass is 273 g/mol. The van der Waals surface area contributed by atoms with E-state index < -0.39 is 18.5 Å². The molecule has 0 aliphatic carbocycles. The summed E-state index contributed by atoms with van der Waals surface area (Å²) >= 11 is 0. The number of aromatic hydroxyl groups is 1. The first-order valence-electron chi connectivity index (χ1n) is 5.56. The summed E-state index contributed by atoms with van der Waals surface area (Å²) in [5, 5.41) is 40.4. The fourth-order valence-corrected chi connectivity index (χ4v) is 0.852. The molecule has 0 amide bonds. The van der Waals surface area contributed by atoms with Crippen LogP contribution < -0.4 is 4.74 Å². The maximum Gasteiger partial charge on any atom is 0.631 e. The first-order chi connectivity index (χ1) is 8.45. The lowest BCUT2D eigenvalue weighted by molar-refractivity contribution is -0.0908. The van der Waals surface area contributed by atoms with E-state index in [1.807, 2.05) is 0 Å². The number of aromatic nitrogens is 1. The zero-order valence-electron chi connectivity index (χ0n) is 11.4. The predicted octanol–water partition coefficient (Wildman–Crippen LogP) is -0.336. The lowest BCUT2D eigenvalue weighted by Gasteiger charge is -2.37. The van der Waals surface area contributed by atoms with Gasteiger partial charge < -0.3 is 30.0 Å². The van der Waals surface area contributed by atoms with Crippen LogP contribution in [0.15, 0.2) is 18.3 Å². The minimum Gasteiger partial charge on any atom is -0.493 e. The Morgan fingerprint density at radius 2 is 1.58 bits per heavy atom. The molecule has 7 nitrogen and oxygen atoms in total. The van der Waals surface area contributed by atoms with Crippen LogP contribution in [0.25, 0.3) is 0 Å². The Balaban J connectivity index is 0.000000711. The van der Waals surface area contributed by atoms with Crippen molar-refractivity contribution in [1.29, 1.82) is 0 Å². The molecule has 0 aliphatic heterocycles. The lowest BCUT2D eigenvalue weighted by Crippen LogP contribution is -2.49. The van der Waals surface area contributed by atoms with E-state index in [1.165, 1.54) is 12.3 Å². The Morgan fingerprint density at radius 1 is 1.11 bits per heavy atom. The van der Waals surface area contributed by atoms with Crippen molar-refractivity contribution >= 4 is 7.32 Å². The van der Waals surface area contributed by atoms with Crippen LogP contribution >= 0.6 is 0 Å². The standard InChI is InChI=1S/C11H17NO3.BH3O3/c1-10(2,14)11(3,4)15-8-5-6-9(13)12-7-8;2-1(3)4/h5-7,14H,1-4H3,(H,12,13);2-4H. The number of aliphatic hydroxyl groups is 1. The van der Waals surface area contributed by atoms with Gasteiger partial charge in [0.25, 0.3) is 0 Å². The highest BCUT2D eigenvalue weighted by atomic mass is 16.5. The SMILES string of the molecule is CC(C)(O)C(C)(C)Oc1ccc(O)nc1.OB(O)O. The molecule has 0 bridgehead atoms. The molecule has 108 valence electrons. The Labute approximate surface area is 112 Å². The number of rotatable bonds is 3. The zero-order valence-corrected chi connectivity index (χ0v) is 11.4. The van der Waals surface area contributed by atoms with E-state index in [9.17, 15) is 5.11 Å². The van der Waals surface area contributed by atoms with Crippen molar-refractivity contribution in [2.45, 2.75) is 38.9 Å². The predicted molar refractivity (Wildman–Crippen MR) is 69.3 cm³/mol. The molecule has 19 heavy (non-hydrogen) atoms. The average Bonchev–Trinajstić information content (AvgIpc) is 2.18. The molecule has 0 fully saturated rings. The fourth-order valence-electron chi connectivity index (χ4n) is 0.852. The number of ether oxygens (including phenoxy) is 1. The quantitative estimate of drug-likeness (QED) is 0.477. The molecule has 0 aromatic carbocycles. The van der Waals surface area contributed by atoms with E-state index in [-0.39, 0.29) is 5.88 Å². The average molecular weight is 273 g/mol. The van der Waals surface area contributed by atoms with Gasteiger partial charge in [-0.25, -0.2) is 4.98 Å². The van der Waals surface area contributed by atoms with Crippen molar-refractivity contribution in [2.75, 3.05) is 0 Å². The zero-order chi connectivity index (χ0) is 15.3. The minimum atomic E-state index is -2.17. The molecule has 8 heteroatoms. The summed E-state index contributed by atoms with van der Waals surface area (Å²) in [4.78, 5) is 3.69. The summed E-state index contributed by atoms with van der Waals surface area (Å²) in [5.74, 6) is 0.461. The summed E-state index contributed by atoms with van der Waals surface area (Å²) in [5.41, 5.74) is -1.70. The van der Waals surface area contributed by atoms with Gasteiger partial charge in [0, 0.05) is 6.07 Å². The van der Waals surface area contributed by atoms with Crippen molar-refractivity contribution in [3.05, 3.63) is 18.3 Å². The molecule has 0 radical (unpaired) electrons. The molecule has 1 aromatic heterocycles. The molecule has 0 atom stereocenters. The maximum atomic E-state index is 9.87. The van der Waals surface area contributed by atoms with Crippen molar-refractivity contribution in [1.82, 2.24) is 4.98 Å². The van der Waals surface area contributed by atoms with Crippen molar-refractivity contribution in [2.24, 2.45) is 0 Å². The van der Waals surface area contributed by atoms with Gasteiger partial charge in [-0.05, 0) is 33.8 Å². The Kier molecular flexibility index (Phi) is 6.24. The third-order valence-corrected chi connectivity index (χ3v) is 2.57. The topological polar surface area (TPSA) is 123 Å². The molecule has 1 aromatic rings. The second-order valence-electron chi connectivity index (χ2n) is 4.87. The molecule has 5 N–H and O–H groups in total. The van der Waals surface area contributed by atoms with Crippen LogP contribution in [0.3, 0.4) is 0 Å². The molecular weight excluding hydrogens is 253 g/mol. The Hall–Kier alpha value is -1.35. The van der Waals surface area contributed by atoms with Gasteiger partial charge in [0.1, 0.15) is 11.4 Å². The Bertz CT molecular complexity index is 371. The molecule has 1 rings (SSSR count). The normalized spacial score (nSPS) is 11.4. The van der Waals surface area contributed by atoms with Gasteiger partial charge in [0.15, 0.2) is 0 Å². The van der Waals surface area contributed by atoms with Gasteiger partial charge >= 0.3 is 7.32 Å². The second kappa shape index (κ2) is 6.71. The van der Waals surface area contributed by atoms with Crippen LogP contribution in [0.2, 0.25) is 0 Å². The molecule has 0 saturated carbocycles. The van der Waals surface area contributed by atoms with E-state index in [0.29, 0.717) is 5.75 Å². The molecule has 1 heterocycles. The van der Waals surface area contributed by atoms with Crippen molar-refractivity contribution in [3.63, 3.8) is 0 Å². The first-order valence-corrected chi connectivity index (χ1v) is 5.56. The maximum absolute atomic E-state index is 9.87. The third-order valence-electron chi connectivity index (χ3n) is 2.57. The van der Waals surface area contributed by atoms with E-state index >= 15 is 0 Å². The van der Waals surface area contributed by atoms with E-state index in [4.69, 9.17) is 24.9 Å². The molecular formula is C11H20BNO6. The van der Waals surface area contributed by atoms with Gasteiger partial charge in [-0.15, -0.1) is 0 Å². The largest absolute Gasteiger partial charge is 0.631 e. The van der Waals surface area contributed by atoms with Crippen molar-refractivity contribution in [3.8, 4) is 11.6 Å². The van der Waals surface area contributed by atoms with Gasteiger partial charge in [-0.3, -0.25) is 0 Å². The van der Waals surface area contributed by atoms with Crippen molar-refractivity contribution < 1.29 is 30.0 Å². The molecule has 0 saturated heterocycles. The number of hydrogen-bond acceptors (Lipinski definition) is 7. The molecule has 0 aliphatic rings. The minimum absolute atomic E-state index is 0.0524. The summed E-state index contributed by atoms with van der Waals surface area (Å²) in [6.07, 6.45) is 1.42. The van der Waals surface area contributed by atoms with Gasteiger partial charge in [-0.1, -0.05) is 0 Å². The van der Waals surface area contributed by atoms with Gasteiger partial charge in [-0.2, -0.15) is 0 Å². The molecule has 0 spiro atoms.